The van der Waals surface area contributed by atoms with Crippen LogP contribution in [0.25, 0.3) is 0 Å². The summed E-state index contributed by atoms with van der Waals surface area (Å²) in [6.45, 7) is 1.98. The SMILES string of the molecule is COc1cc(C#N)ccc1Nc1ncc(C)cc1Br. The Morgan fingerprint density at radius 3 is 2.79 bits per heavy atom. The van der Waals surface area contributed by atoms with E-state index in [1.807, 2.05) is 13.0 Å². The zero-order chi connectivity index (χ0) is 13.8. The van der Waals surface area contributed by atoms with Crippen molar-refractivity contribution in [2.24, 2.45) is 0 Å². The van der Waals surface area contributed by atoms with Crippen molar-refractivity contribution >= 4 is 27.4 Å². The Morgan fingerprint density at radius 2 is 2.16 bits per heavy atom. The topological polar surface area (TPSA) is 57.9 Å². The molecule has 0 saturated carbocycles. The van der Waals surface area contributed by atoms with Crippen LogP contribution in [-0.4, -0.2) is 12.1 Å². The van der Waals surface area contributed by atoms with Crippen LogP contribution in [-0.2, 0) is 0 Å². The van der Waals surface area contributed by atoms with Gasteiger partial charge in [0.05, 0.1) is 28.9 Å². The molecule has 0 atom stereocenters. The van der Waals surface area contributed by atoms with Crippen LogP contribution in [0.5, 0.6) is 5.75 Å². The lowest BCUT2D eigenvalue weighted by Crippen LogP contribution is -1.98. The standard InChI is InChI=1S/C14H12BrN3O/c1-9-5-11(15)14(17-8-9)18-12-4-3-10(7-16)6-13(12)19-2/h3-6,8H,1-2H3,(H,17,18). The van der Waals surface area contributed by atoms with Gasteiger partial charge in [-0.3, -0.25) is 0 Å². The van der Waals surface area contributed by atoms with E-state index in [1.165, 1.54) is 0 Å². The number of hydrogen-bond acceptors (Lipinski definition) is 4. The first-order valence-corrected chi connectivity index (χ1v) is 6.40. The van der Waals surface area contributed by atoms with Crippen LogP contribution >= 0.6 is 15.9 Å². The molecule has 4 nitrogen and oxygen atoms in total. The highest BCUT2D eigenvalue weighted by Gasteiger charge is 2.08. The second-order valence-electron chi connectivity index (χ2n) is 3.99. The summed E-state index contributed by atoms with van der Waals surface area (Å²) in [6.07, 6.45) is 1.78. The van der Waals surface area contributed by atoms with Crippen molar-refractivity contribution in [2.45, 2.75) is 6.92 Å². The minimum atomic E-state index is 0.554. The van der Waals surface area contributed by atoms with Crippen molar-refractivity contribution in [1.29, 1.82) is 5.26 Å². The number of aryl methyl sites for hydroxylation is 1. The quantitative estimate of drug-likeness (QED) is 0.936. The number of hydrogen-bond donors (Lipinski definition) is 1. The molecule has 0 bridgehead atoms. The van der Waals surface area contributed by atoms with Gasteiger partial charge in [0.2, 0.25) is 0 Å². The van der Waals surface area contributed by atoms with Crippen LogP contribution in [0.4, 0.5) is 11.5 Å². The predicted octanol–water partition coefficient (Wildman–Crippen LogP) is 3.78. The van der Waals surface area contributed by atoms with Crippen molar-refractivity contribution in [3.8, 4) is 11.8 Å². The molecule has 0 radical (unpaired) electrons. The maximum atomic E-state index is 8.87. The monoisotopic (exact) mass is 317 g/mol. The van der Waals surface area contributed by atoms with Crippen LogP contribution < -0.4 is 10.1 Å². The molecule has 5 heteroatoms. The molecule has 0 aliphatic carbocycles. The third-order valence-electron chi connectivity index (χ3n) is 2.56. The lowest BCUT2D eigenvalue weighted by molar-refractivity contribution is 0.416. The molecule has 2 aromatic rings. The summed E-state index contributed by atoms with van der Waals surface area (Å²) in [5.41, 5.74) is 2.39. The lowest BCUT2D eigenvalue weighted by atomic mass is 10.2. The molecule has 0 fully saturated rings. The maximum absolute atomic E-state index is 8.87. The Labute approximate surface area is 120 Å². The highest BCUT2D eigenvalue weighted by Crippen LogP contribution is 2.30. The number of methoxy groups -OCH3 is 1. The number of benzene rings is 1. The number of rotatable bonds is 3. The van der Waals surface area contributed by atoms with E-state index >= 15 is 0 Å². The van der Waals surface area contributed by atoms with Gasteiger partial charge in [0.25, 0.3) is 0 Å². The van der Waals surface area contributed by atoms with Gasteiger partial charge in [0, 0.05) is 12.3 Å². The van der Waals surface area contributed by atoms with Gasteiger partial charge >= 0.3 is 0 Å². The summed E-state index contributed by atoms with van der Waals surface area (Å²) in [5, 5.41) is 12.0. The van der Waals surface area contributed by atoms with Gasteiger partial charge in [0.1, 0.15) is 11.6 Å². The van der Waals surface area contributed by atoms with Gasteiger partial charge in [-0.05, 0) is 46.6 Å². The molecule has 0 saturated heterocycles. The molecule has 1 N–H and O–H groups in total. The zero-order valence-corrected chi connectivity index (χ0v) is 12.2. The Balaban J connectivity index is 2.35. The number of nitriles is 1. The minimum Gasteiger partial charge on any atom is -0.495 e. The molecule has 1 heterocycles. The average Bonchev–Trinajstić information content (AvgIpc) is 2.42. The molecule has 0 aliphatic rings. The highest BCUT2D eigenvalue weighted by atomic mass is 79.9. The first-order valence-electron chi connectivity index (χ1n) is 5.61. The molecule has 19 heavy (non-hydrogen) atoms. The minimum absolute atomic E-state index is 0.554. The van der Waals surface area contributed by atoms with Gasteiger partial charge in [-0.25, -0.2) is 4.98 Å². The molecular weight excluding hydrogens is 306 g/mol. The second kappa shape index (κ2) is 5.72. The van der Waals surface area contributed by atoms with Crippen molar-refractivity contribution in [3.63, 3.8) is 0 Å². The third kappa shape index (κ3) is 3.04. The van der Waals surface area contributed by atoms with Crippen molar-refractivity contribution in [2.75, 3.05) is 12.4 Å². The summed E-state index contributed by atoms with van der Waals surface area (Å²) in [7, 11) is 1.57. The Bertz CT molecular complexity index is 650. The molecule has 2 rings (SSSR count). The number of halogens is 1. The highest BCUT2D eigenvalue weighted by molar-refractivity contribution is 9.10. The van der Waals surface area contributed by atoms with Crippen molar-refractivity contribution in [3.05, 3.63) is 46.1 Å². The number of pyridine rings is 1. The summed E-state index contributed by atoms with van der Waals surface area (Å²) in [6, 6.07) is 9.27. The first-order chi connectivity index (χ1) is 9.13. The van der Waals surface area contributed by atoms with E-state index in [0.717, 1.165) is 15.7 Å². The average molecular weight is 318 g/mol. The number of anilines is 2. The Morgan fingerprint density at radius 1 is 1.37 bits per heavy atom. The van der Waals surface area contributed by atoms with Gasteiger partial charge in [-0.1, -0.05) is 0 Å². The molecule has 96 valence electrons. The van der Waals surface area contributed by atoms with Crippen molar-refractivity contribution < 1.29 is 4.74 Å². The molecule has 0 amide bonds. The van der Waals surface area contributed by atoms with Crippen LogP contribution in [0.1, 0.15) is 11.1 Å². The number of ether oxygens (including phenoxy) is 1. The van der Waals surface area contributed by atoms with Gasteiger partial charge in [-0.15, -0.1) is 0 Å². The van der Waals surface area contributed by atoms with E-state index in [4.69, 9.17) is 10.00 Å². The van der Waals surface area contributed by atoms with Gasteiger partial charge in [0.15, 0.2) is 0 Å². The third-order valence-corrected chi connectivity index (χ3v) is 3.17. The fourth-order valence-corrected chi connectivity index (χ4v) is 2.18. The van der Waals surface area contributed by atoms with E-state index in [-0.39, 0.29) is 0 Å². The largest absolute Gasteiger partial charge is 0.495 e. The number of nitrogens with zero attached hydrogens (tertiary/aromatic N) is 2. The van der Waals surface area contributed by atoms with Crippen LogP contribution in [0.15, 0.2) is 34.9 Å². The zero-order valence-electron chi connectivity index (χ0n) is 10.6. The van der Waals surface area contributed by atoms with Gasteiger partial charge < -0.3 is 10.1 Å². The van der Waals surface area contributed by atoms with Crippen LogP contribution in [0, 0.1) is 18.3 Å². The van der Waals surface area contributed by atoms with Crippen LogP contribution in [0.3, 0.4) is 0 Å². The second-order valence-corrected chi connectivity index (χ2v) is 4.85. The first kappa shape index (κ1) is 13.4. The molecule has 0 spiro atoms. The summed E-state index contributed by atoms with van der Waals surface area (Å²) in [5.74, 6) is 1.31. The molecule has 0 unspecified atom stereocenters. The fourth-order valence-electron chi connectivity index (χ4n) is 1.62. The molecular formula is C14H12BrN3O. The van der Waals surface area contributed by atoms with E-state index in [1.54, 1.807) is 31.5 Å². The summed E-state index contributed by atoms with van der Waals surface area (Å²) >= 11 is 3.46. The lowest BCUT2D eigenvalue weighted by Gasteiger charge is -2.12. The summed E-state index contributed by atoms with van der Waals surface area (Å²) < 4.78 is 6.14. The Hall–Kier alpha value is -2.06. The fraction of sp³-hybridized carbons (Fsp3) is 0.143. The normalized spacial score (nSPS) is 9.79. The molecule has 0 aliphatic heterocycles. The maximum Gasteiger partial charge on any atom is 0.144 e. The summed E-state index contributed by atoms with van der Waals surface area (Å²) in [4.78, 5) is 4.31. The number of nitrogens with one attached hydrogen (secondary N) is 1. The van der Waals surface area contributed by atoms with Crippen LogP contribution in [0.2, 0.25) is 0 Å². The molecule has 1 aromatic heterocycles. The van der Waals surface area contributed by atoms with E-state index in [9.17, 15) is 0 Å². The van der Waals surface area contributed by atoms with E-state index in [0.29, 0.717) is 17.1 Å². The van der Waals surface area contributed by atoms with E-state index < -0.39 is 0 Å². The number of aromatic nitrogens is 1. The molecule has 1 aromatic carbocycles. The smallest absolute Gasteiger partial charge is 0.144 e. The van der Waals surface area contributed by atoms with Gasteiger partial charge in [-0.2, -0.15) is 5.26 Å². The van der Waals surface area contributed by atoms with Crippen molar-refractivity contribution in [1.82, 2.24) is 4.98 Å². The van der Waals surface area contributed by atoms with E-state index in [2.05, 4.69) is 32.3 Å². The predicted molar refractivity (Wildman–Crippen MR) is 77.7 cm³/mol. The Kier molecular flexibility index (Phi) is 4.03.